The SMILES string of the molecule is COc1c2c(c(-c3cc(C(=O)O)no3)c3c1OC(C)C3)OC(C)C2. The van der Waals surface area contributed by atoms with Gasteiger partial charge in [-0.15, -0.1) is 0 Å². The molecule has 2 unspecified atom stereocenters. The van der Waals surface area contributed by atoms with Crippen LogP contribution in [-0.4, -0.2) is 35.6 Å². The third kappa shape index (κ3) is 2.04. The Balaban J connectivity index is 1.98. The van der Waals surface area contributed by atoms with Crippen LogP contribution in [-0.2, 0) is 12.8 Å². The van der Waals surface area contributed by atoms with Crippen molar-refractivity contribution in [1.29, 1.82) is 0 Å². The number of ether oxygens (including phenoxy) is 3. The average molecular weight is 331 g/mol. The van der Waals surface area contributed by atoms with Gasteiger partial charge in [0.05, 0.1) is 12.7 Å². The monoisotopic (exact) mass is 331 g/mol. The number of benzene rings is 1. The Labute approximate surface area is 138 Å². The topological polar surface area (TPSA) is 91.0 Å². The van der Waals surface area contributed by atoms with E-state index in [-0.39, 0.29) is 17.9 Å². The van der Waals surface area contributed by atoms with Gasteiger partial charge in [0.2, 0.25) is 0 Å². The molecule has 2 aromatic rings. The van der Waals surface area contributed by atoms with Crippen molar-refractivity contribution in [3.8, 4) is 28.6 Å². The molecule has 3 heterocycles. The van der Waals surface area contributed by atoms with Crippen molar-refractivity contribution in [2.24, 2.45) is 0 Å². The number of aromatic carboxylic acids is 1. The van der Waals surface area contributed by atoms with E-state index in [0.717, 1.165) is 16.7 Å². The summed E-state index contributed by atoms with van der Waals surface area (Å²) in [5, 5.41) is 12.7. The van der Waals surface area contributed by atoms with Gasteiger partial charge in [-0.25, -0.2) is 4.79 Å². The van der Waals surface area contributed by atoms with E-state index in [1.165, 1.54) is 6.07 Å². The molecular weight excluding hydrogens is 314 g/mol. The molecule has 0 amide bonds. The molecule has 0 radical (unpaired) electrons. The summed E-state index contributed by atoms with van der Waals surface area (Å²) >= 11 is 0. The zero-order chi connectivity index (χ0) is 17.0. The van der Waals surface area contributed by atoms with E-state index in [9.17, 15) is 4.79 Å². The molecule has 1 aromatic heterocycles. The second-order valence-corrected chi connectivity index (χ2v) is 6.17. The molecule has 1 aromatic carbocycles. The summed E-state index contributed by atoms with van der Waals surface area (Å²) in [6, 6.07) is 1.42. The molecule has 7 nitrogen and oxygen atoms in total. The lowest BCUT2D eigenvalue weighted by molar-refractivity contribution is 0.0686. The van der Waals surface area contributed by atoms with E-state index < -0.39 is 5.97 Å². The Hall–Kier alpha value is -2.70. The van der Waals surface area contributed by atoms with Crippen molar-refractivity contribution < 1.29 is 28.6 Å². The average Bonchev–Trinajstić information content (AvgIpc) is 3.21. The van der Waals surface area contributed by atoms with Crippen LogP contribution in [0.4, 0.5) is 0 Å². The molecule has 1 N–H and O–H groups in total. The summed E-state index contributed by atoms with van der Waals surface area (Å²) in [5.74, 6) is 1.28. The number of nitrogens with zero attached hydrogens (tertiary/aromatic N) is 1. The third-order valence-corrected chi connectivity index (χ3v) is 4.36. The van der Waals surface area contributed by atoms with Crippen LogP contribution in [0.3, 0.4) is 0 Å². The number of aromatic nitrogens is 1. The number of carboxylic acids is 1. The summed E-state index contributed by atoms with van der Waals surface area (Å²) in [5.41, 5.74) is 2.40. The number of hydrogen-bond acceptors (Lipinski definition) is 6. The number of rotatable bonds is 3. The number of fused-ring (bicyclic) bond motifs is 2. The largest absolute Gasteiger partial charge is 0.492 e. The maximum Gasteiger partial charge on any atom is 0.358 e. The summed E-state index contributed by atoms with van der Waals surface area (Å²) in [6.45, 7) is 3.95. The molecule has 0 spiro atoms. The molecule has 2 aliphatic rings. The second kappa shape index (κ2) is 5.15. The summed E-state index contributed by atoms with van der Waals surface area (Å²) in [7, 11) is 1.61. The van der Waals surface area contributed by atoms with Gasteiger partial charge in [0.1, 0.15) is 18.0 Å². The molecule has 0 saturated carbocycles. The van der Waals surface area contributed by atoms with Crippen LogP contribution in [0.1, 0.15) is 35.5 Å². The predicted octanol–water partition coefficient (Wildman–Crippen LogP) is 2.70. The Bertz CT molecular complexity index is 801. The zero-order valence-corrected chi connectivity index (χ0v) is 13.6. The smallest absolute Gasteiger partial charge is 0.358 e. The standard InChI is InChI=1S/C17H17NO6/c1-7-4-9-13(12-6-11(17(19)20)18-24-12)14-10(5-8(2)22-14)15(21-3)16(9)23-7/h6-8H,4-5H2,1-3H3,(H,19,20). The molecule has 126 valence electrons. The summed E-state index contributed by atoms with van der Waals surface area (Å²) < 4.78 is 22.8. The molecule has 24 heavy (non-hydrogen) atoms. The molecule has 2 aliphatic heterocycles. The number of hydrogen-bond donors (Lipinski definition) is 1. The lowest BCUT2D eigenvalue weighted by Gasteiger charge is -2.15. The van der Waals surface area contributed by atoms with Gasteiger partial charge in [0.15, 0.2) is 23.0 Å². The molecule has 0 aliphatic carbocycles. The van der Waals surface area contributed by atoms with Gasteiger partial charge < -0.3 is 23.8 Å². The fourth-order valence-corrected chi connectivity index (χ4v) is 3.44. The lowest BCUT2D eigenvalue weighted by atomic mass is 9.95. The molecule has 4 rings (SSSR count). The first kappa shape index (κ1) is 14.9. The van der Waals surface area contributed by atoms with Gasteiger partial charge in [-0.1, -0.05) is 5.16 Å². The van der Waals surface area contributed by atoms with Crippen molar-refractivity contribution in [1.82, 2.24) is 5.16 Å². The van der Waals surface area contributed by atoms with Crippen molar-refractivity contribution in [2.45, 2.75) is 38.9 Å². The van der Waals surface area contributed by atoms with E-state index >= 15 is 0 Å². The van der Waals surface area contributed by atoms with Gasteiger partial charge >= 0.3 is 5.97 Å². The Kier molecular flexibility index (Phi) is 3.19. The first-order chi connectivity index (χ1) is 11.5. The zero-order valence-electron chi connectivity index (χ0n) is 13.6. The van der Waals surface area contributed by atoms with Gasteiger partial charge in [0, 0.05) is 30.0 Å². The molecule has 0 bridgehead atoms. The lowest BCUT2D eigenvalue weighted by Crippen LogP contribution is -2.07. The predicted molar refractivity (Wildman–Crippen MR) is 83.0 cm³/mol. The Morgan fingerprint density at radius 2 is 1.88 bits per heavy atom. The van der Waals surface area contributed by atoms with Gasteiger partial charge in [-0.05, 0) is 13.8 Å². The van der Waals surface area contributed by atoms with Crippen LogP contribution < -0.4 is 14.2 Å². The minimum absolute atomic E-state index is 0.00512. The second-order valence-electron chi connectivity index (χ2n) is 6.17. The van der Waals surface area contributed by atoms with Gasteiger partial charge in [-0.2, -0.15) is 0 Å². The van der Waals surface area contributed by atoms with E-state index in [1.54, 1.807) is 7.11 Å². The van der Waals surface area contributed by atoms with E-state index in [2.05, 4.69) is 5.16 Å². The fourth-order valence-electron chi connectivity index (χ4n) is 3.44. The van der Waals surface area contributed by atoms with Crippen molar-refractivity contribution in [2.75, 3.05) is 7.11 Å². The first-order valence-electron chi connectivity index (χ1n) is 7.79. The maximum atomic E-state index is 11.1. The first-order valence-corrected chi connectivity index (χ1v) is 7.79. The molecule has 0 saturated heterocycles. The minimum Gasteiger partial charge on any atom is -0.492 e. The van der Waals surface area contributed by atoms with Crippen LogP contribution in [0.25, 0.3) is 11.3 Å². The highest BCUT2D eigenvalue weighted by Crippen LogP contribution is 2.54. The normalized spacial score (nSPS) is 21.0. The highest BCUT2D eigenvalue weighted by atomic mass is 16.5. The Morgan fingerprint density at radius 1 is 1.21 bits per heavy atom. The van der Waals surface area contributed by atoms with E-state index in [0.29, 0.717) is 35.9 Å². The van der Waals surface area contributed by atoms with E-state index in [4.69, 9.17) is 23.8 Å². The Morgan fingerprint density at radius 3 is 2.50 bits per heavy atom. The minimum atomic E-state index is -1.13. The van der Waals surface area contributed by atoms with Crippen LogP contribution in [0.15, 0.2) is 10.6 Å². The highest BCUT2D eigenvalue weighted by molar-refractivity contribution is 5.88. The maximum absolute atomic E-state index is 11.1. The fraction of sp³-hybridized carbons (Fsp3) is 0.412. The molecular formula is C17H17NO6. The number of carboxylic acid groups (broad SMARTS) is 1. The van der Waals surface area contributed by atoms with Crippen molar-refractivity contribution >= 4 is 5.97 Å². The molecule has 2 atom stereocenters. The van der Waals surface area contributed by atoms with Gasteiger partial charge in [0.25, 0.3) is 0 Å². The van der Waals surface area contributed by atoms with Crippen LogP contribution in [0.2, 0.25) is 0 Å². The summed E-state index contributed by atoms with van der Waals surface area (Å²) in [4.78, 5) is 11.1. The van der Waals surface area contributed by atoms with Crippen molar-refractivity contribution in [3.05, 3.63) is 22.9 Å². The quantitative estimate of drug-likeness (QED) is 0.924. The van der Waals surface area contributed by atoms with Crippen LogP contribution >= 0.6 is 0 Å². The number of carbonyl (C=O) groups is 1. The third-order valence-electron chi connectivity index (χ3n) is 4.36. The van der Waals surface area contributed by atoms with E-state index in [1.807, 2.05) is 13.8 Å². The van der Waals surface area contributed by atoms with Crippen LogP contribution in [0.5, 0.6) is 17.2 Å². The van der Waals surface area contributed by atoms with Crippen molar-refractivity contribution in [3.63, 3.8) is 0 Å². The highest BCUT2D eigenvalue weighted by Gasteiger charge is 2.38. The van der Waals surface area contributed by atoms with Gasteiger partial charge in [-0.3, -0.25) is 0 Å². The molecule has 7 heteroatoms. The number of methoxy groups -OCH3 is 1. The summed E-state index contributed by atoms with van der Waals surface area (Å²) in [6.07, 6.45) is 1.34. The molecule has 0 fully saturated rings. The van der Waals surface area contributed by atoms with Crippen LogP contribution in [0, 0.1) is 0 Å².